The van der Waals surface area contributed by atoms with E-state index in [1.54, 1.807) is 34.9 Å². The van der Waals surface area contributed by atoms with Crippen LogP contribution in [0.2, 0.25) is 0 Å². The normalized spacial score (nSPS) is 20.9. The van der Waals surface area contributed by atoms with Crippen LogP contribution in [-0.2, 0) is 16.1 Å². The van der Waals surface area contributed by atoms with E-state index in [0.717, 1.165) is 0 Å². The zero-order valence-electron chi connectivity index (χ0n) is 15.9. The molecule has 1 saturated heterocycles. The first kappa shape index (κ1) is 18.1. The van der Waals surface area contributed by atoms with Crippen LogP contribution in [0.3, 0.4) is 0 Å². The molecule has 4 rings (SSSR count). The number of anilines is 1. The van der Waals surface area contributed by atoms with Crippen LogP contribution in [0, 0.1) is 6.92 Å². The van der Waals surface area contributed by atoms with E-state index >= 15 is 0 Å². The van der Waals surface area contributed by atoms with Gasteiger partial charge in [-0.2, -0.15) is 5.10 Å². The molecule has 146 valence electrons. The molecule has 2 aromatic rings. The third-order valence-corrected chi connectivity index (χ3v) is 5.40. The highest BCUT2D eigenvalue weighted by atomic mass is 16.2. The van der Waals surface area contributed by atoms with Gasteiger partial charge in [0.1, 0.15) is 11.5 Å². The van der Waals surface area contributed by atoms with E-state index in [0.29, 0.717) is 35.7 Å². The minimum Gasteiger partial charge on any atom is -0.349 e. The van der Waals surface area contributed by atoms with Crippen LogP contribution in [-0.4, -0.2) is 50.0 Å². The topological polar surface area (TPSA) is 111 Å². The van der Waals surface area contributed by atoms with E-state index in [1.807, 2.05) is 13.0 Å². The molecule has 0 radical (unpaired) electrons. The number of fused-ring (bicyclic) bond motifs is 3. The molecule has 0 spiro atoms. The number of carbonyl (C=O) groups excluding carboxylic acids is 3. The Hall–Kier alpha value is -3.23. The fraction of sp³-hybridized carbons (Fsp3) is 0.421. The van der Waals surface area contributed by atoms with E-state index in [1.165, 1.54) is 0 Å². The Morgan fingerprint density at radius 2 is 2.11 bits per heavy atom. The molecule has 3 heterocycles. The van der Waals surface area contributed by atoms with Crippen molar-refractivity contribution in [3.05, 3.63) is 41.5 Å². The SMILES string of the molecule is Cc1nc(CNC(=O)CCN2C(=O)c3ccccc3N3C(=O)CCC23C)n[nH]1. The molecule has 2 aliphatic rings. The zero-order valence-corrected chi connectivity index (χ0v) is 15.9. The molecule has 2 aliphatic heterocycles. The lowest BCUT2D eigenvalue weighted by molar-refractivity contribution is -0.121. The summed E-state index contributed by atoms with van der Waals surface area (Å²) in [4.78, 5) is 45.4. The third kappa shape index (κ3) is 2.92. The number of benzene rings is 1. The number of aromatic amines is 1. The van der Waals surface area contributed by atoms with Crippen LogP contribution < -0.4 is 10.2 Å². The number of rotatable bonds is 5. The van der Waals surface area contributed by atoms with Crippen molar-refractivity contribution in [3.8, 4) is 0 Å². The summed E-state index contributed by atoms with van der Waals surface area (Å²) in [5, 5.41) is 9.47. The van der Waals surface area contributed by atoms with Crippen LogP contribution in [0.15, 0.2) is 24.3 Å². The molecular formula is C19H22N6O3. The maximum absolute atomic E-state index is 13.1. The van der Waals surface area contributed by atoms with Gasteiger partial charge in [-0.25, -0.2) is 4.98 Å². The molecule has 9 heteroatoms. The Bertz CT molecular complexity index is 955. The predicted molar refractivity (Wildman–Crippen MR) is 100 cm³/mol. The van der Waals surface area contributed by atoms with Gasteiger partial charge in [0.25, 0.3) is 5.91 Å². The van der Waals surface area contributed by atoms with E-state index in [-0.39, 0.29) is 37.2 Å². The number of nitrogens with one attached hydrogen (secondary N) is 2. The minimum absolute atomic E-state index is 0.00289. The molecule has 1 fully saturated rings. The monoisotopic (exact) mass is 382 g/mol. The summed E-state index contributed by atoms with van der Waals surface area (Å²) in [5.41, 5.74) is 0.397. The van der Waals surface area contributed by atoms with Crippen molar-refractivity contribution in [2.24, 2.45) is 0 Å². The van der Waals surface area contributed by atoms with Gasteiger partial charge in [-0.15, -0.1) is 0 Å². The zero-order chi connectivity index (χ0) is 19.9. The molecule has 0 aliphatic carbocycles. The first-order valence-electron chi connectivity index (χ1n) is 9.29. The molecule has 28 heavy (non-hydrogen) atoms. The Kier molecular flexibility index (Phi) is 4.37. The van der Waals surface area contributed by atoms with Gasteiger partial charge in [0, 0.05) is 19.4 Å². The van der Waals surface area contributed by atoms with Gasteiger partial charge < -0.3 is 10.2 Å². The van der Waals surface area contributed by atoms with Crippen molar-refractivity contribution < 1.29 is 14.4 Å². The van der Waals surface area contributed by atoms with Crippen LogP contribution in [0.4, 0.5) is 5.69 Å². The van der Waals surface area contributed by atoms with Crippen LogP contribution in [0.1, 0.15) is 48.2 Å². The average molecular weight is 382 g/mol. The lowest BCUT2D eigenvalue weighted by Gasteiger charge is -2.48. The van der Waals surface area contributed by atoms with Gasteiger partial charge in [0.2, 0.25) is 11.8 Å². The van der Waals surface area contributed by atoms with Crippen molar-refractivity contribution in [1.82, 2.24) is 25.4 Å². The molecule has 3 amide bonds. The van der Waals surface area contributed by atoms with E-state index in [2.05, 4.69) is 20.5 Å². The average Bonchev–Trinajstić information content (AvgIpc) is 3.23. The highest BCUT2D eigenvalue weighted by Gasteiger charge is 2.52. The van der Waals surface area contributed by atoms with E-state index in [9.17, 15) is 14.4 Å². The summed E-state index contributed by atoms with van der Waals surface area (Å²) in [5.74, 6) is 0.834. The number of nitrogens with zero attached hydrogens (tertiary/aromatic N) is 4. The number of aryl methyl sites for hydroxylation is 1. The lowest BCUT2D eigenvalue weighted by Crippen LogP contribution is -2.62. The number of amides is 3. The van der Waals surface area contributed by atoms with Crippen LogP contribution in [0.25, 0.3) is 0 Å². The fourth-order valence-electron chi connectivity index (χ4n) is 3.99. The van der Waals surface area contributed by atoms with E-state index in [4.69, 9.17) is 0 Å². The minimum atomic E-state index is -0.746. The summed E-state index contributed by atoms with van der Waals surface area (Å²) in [6.45, 7) is 4.13. The molecule has 0 saturated carbocycles. The van der Waals surface area contributed by atoms with Gasteiger partial charge in [0.05, 0.1) is 17.8 Å². The molecule has 2 N–H and O–H groups in total. The van der Waals surface area contributed by atoms with Crippen molar-refractivity contribution in [3.63, 3.8) is 0 Å². The molecule has 1 unspecified atom stereocenters. The maximum atomic E-state index is 13.1. The first-order chi connectivity index (χ1) is 13.4. The van der Waals surface area contributed by atoms with Gasteiger partial charge in [-0.05, 0) is 32.4 Å². The van der Waals surface area contributed by atoms with Crippen molar-refractivity contribution in [1.29, 1.82) is 0 Å². The summed E-state index contributed by atoms with van der Waals surface area (Å²) in [7, 11) is 0. The molecule has 1 aromatic heterocycles. The lowest BCUT2D eigenvalue weighted by atomic mass is 9.98. The second kappa shape index (κ2) is 6.74. The second-order valence-electron chi connectivity index (χ2n) is 7.28. The van der Waals surface area contributed by atoms with Gasteiger partial charge in [-0.1, -0.05) is 12.1 Å². The van der Waals surface area contributed by atoms with Gasteiger partial charge in [0.15, 0.2) is 5.82 Å². The smallest absolute Gasteiger partial charge is 0.257 e. The molecule has 0 bridgehead atoms. The number of carbonyl (C=O) groups is 3. The van der Waals surface area contributed by atoms with Gasteiger partial charge >= 0.3 is 0 Å². The number of H-pyrrole nitrogens is 1. The largest absolute Gasteiger partial charge is 0.349 e. The fourth-order valence-corrected chi connectivity index (χ4v) is 3.99. The Balaban J connectivity index is 1.48. The van der Waals surface area contributed by atoms with Crippen molar-refractivity contribution >= 4 is 23.4 Å². The molecule has 1 atom stereocenters. The number of hydrogen-bond acceptors (Lipinski definition) is 5. The van der Waals surface area contributed by atoms with Crippen molar-refractivity contribution in [2.45, 2.75) is 45.3 Å². The number of para-hydroxylation sites is 1. The Labute approximate surface area is 162 Å². The van der Waals surface area contributed by atoms with E-state index < -0.39 is 5.66 Å². The maximum Gasteiger partial charge on any atom is 0.257 e. The predicted octanol–water partition coefficient (Wildman–Crippen LogP) is 1.12. The quantitative estimate of drug-likeness (QED) is 0.805. The Morgan fingerprint density at radius 3 is 2.86 bits per heavy atom. The summed E-state index contributed by atoms with van der Waals surface area (Å²) < 4.78 is 0. The summed E-state index contributed by atoms with van der Waals surface area (Å²) in [6, 6.07) is 7.13. The summed E-state index contributed by atoms with van der Waals surface area (Å²) >= 11 is 0. The first-order valence-corrected chi connectivity index (χ1v) is 9.29. The molecule has 9 nitrogen and oxygen atoms in total. The van der Waals surface area contributed by atoms with Gasteiger partial charge in [-0.3, -0.25) is 24.4 Å². The Morgan fingerprint density at radius 1 is 1.32 bits per heavy atom. The summed E-state index contributed by atoms with van der Waals surface area (Å²) in [6.07, 6.45) is 1.06. The molecular weight excluding hydrogens is 360 g/mol. The third-order valence-electron chi connectivity index (χ3n) is 5.40. The number of aromatic nitrogens is 3. The van der Waals surface area contributed by atoms with Crippen LogP contribution >= 0.6 is 0 Å². The standard InChI is InChI=1S/C19H22N6O3/c1-12-21-15(23-22-12)11-20-16(26)8-10-24-18(28)13-5-3-4-6-14(13)25-17(27)7-9-19(24,25)2/h3-6H,7-11H2,1-2H3,(H,20,26)(H,21,22,23). The van der Waals surface area contributed by atoms with Crippen molar-refractivity contribution in [2.75, 3.05) is 11.4 Å². The number of hydrogen-bond donors (Lipinski definition) is 2. The molecule has 1 aromatic carbocycles. The van der Waals surface area contributed by atoms with Crippen LogP contribution in [0.5, 0.6) is 0 Å². The highest BCUT2D eigenvalue weighted by Crippen LogP contribution is 2.43. The highest BCUT2D eigenvalue weighted by molar-refractivity contribution is 6.10. The second-order valence-corrected chi connectivity index (χ2v) is 7.28.